The molecule has 1 rings (SSSR count). The maximum Gasteiger partial charge on any atom is 0.238 e. The number of hydrogen-bond acceptors (Lipinski definition) is 3. The average molecular weight is 285 g/mol. The Morgan fingerprint density at radius 3 is 2.53 bits per heavy atom. The number of ether oxygens (including phenoxy) is 1. The molecule has 1 aromatic rings. The van der Waals surface area contributed by atoms with Gasteiger partial charge in [0.1, 0.15) is 5.75 Å². The first-order valence-corrected chi connectivity index (χ1v) is 6.50. The molecule has 2 N–H and O–H groups in total. The monoisotopic (exact) mass is 284 g/mol. The zero-order chi connectivity index (χ0) is 14.6. The van der Waals surface area contributed by atoms with Crippen LogP contribution in [0.5, 0.6) is 5.75 Å². The molecule has 0 aliphatic heterocycles. The van der Waals surface area contributed by atoms with Gasteiger partial charge in [-0.3, -0.25) is 4.79 Å². The molecule has 5 heteroatoms. The van der Waals surface area contributed by atoms with E-state index in [1.807, 2.05) is 27.7 Å². The van der Waals surface area contributed by atoms with Gasteiger partial charge in [0.15, 0.2) is 0 Å². The summed E-state index contributed by atoms with van der Waals surface area (Å²) in [5, 5.41) is 6.56. The first-order chi connectivity index (χ1) is 8.73. The molecule has 0 spiro atoms. The normalized spacial score (nSPS) is 11.3. The molecule has 0 aliphatic rings. The molecule has 0 aliphatic carbocycles. The minimum absolute atomic E-state index is 0.0999. The van der Waals surface area contributed by atoms with Crippen LogP contribution in [-0.2, 0) is 4.79 Å². The zero-order valence-electron chi connectivity index (χ0n) is 12.1. The summed E-state index contributed by atoms with van der Waals surface area (Å²) in [6, 6.07) is 3.50. The first kappa shape index (κ1) is 15.8. The highest BCUT2D eigenvalue weighted by Crippen LogP contribution is 2.30. The summed E-state index contributed by atoms with van der Waals surface area (Å²) in [5.41, 5.74) is 1.42. The van der Waals surface area contributed by atoms with Gasteiger partial charge in [0.25, 0.3) is 0 Å². The number of aryl methyl sites for hydroxylation is 1. The Morgan fingerprint density at radius 2 is 2.00 bits per heavy atom. The SMILES string of the molecule is COc1cc(Cl)c(C)cc1NC(=O)CNC(C)(C)C. The van der Waals surface area contributed by atoms with E-state index in [0.717, 1.165) is 5.56 Å². The van der Waals surface area contributed by atoms with Gasteiger partial charge in [0.2, 0.25) is 5.91 Å². The molecular weight excluding hydrogens is 264 g/mol. The second-order valence-corrected chi connectivity index (χ2v) is 5.86. The largest absolute Gasteiger partial charge is 0.495 e. The van der Waals surface area contributed by atoms with Crippen LogP contribution in [0.15, 0.2) is 12.1 Å². The third-order valence-electron chi connectivity index (χ3n) is 2.53. The number of methoxy groups -OCH3 is 1. The van der Waals surface area contributed by atoms with E-state index in [4.69, 9.17) is 16.3 Å². The predicted molar refractivity (Wildman–Crippen MR) is 79.1 cm³/mol. The molecular formula is C14H21ClN2O2. The van der Waals surface area contributed by atoms with Crippen molar-refractivity contribution in [2.45, 2.75) is 33.2 Å². The second-order valence-electron chi connectivity index (χ2n) is 5.45. The lowest BCUT2D eigenvalue weighted by molar-refractivity contribution is -0.115. The number of carbonyl (C=O) groups is 1. The van der Waals surface area contributed by atoms with E-state index in [1.165, 1.54) is 0 Å². The molecule has 0 heterocycles. The van der Waals surface area contributed by atoms with Gasteiger partial charge >= 0.3 is 0 Å². The van der Waals surface area contributed by atoms with E-state index < -0.39 is 0 Å². The number of hydrogen-bond donors (Lipinski definition) is 2. The molecule has 0 saturated carbocycles. The van der Waals surface area contributed by atoms with Crippen LogP contribution in [-0.4, -0.2) is 25.1 Å². The van der Waals surface area contributed by atoms with Crippen molar-refractivity contribution >= 4 is 23.2 Å². The van der Waals surface area contributed by atoms with Crippen molar-refractivity contribution in [1.29, 1.82) is 0 Å². The van der Waals surface area contributed by atoms with E-state index in [-0.39, 0.29) is 18.0 Å². The topological polar surface area (TPSA) is 50.4 Å². The van der Waals surface area contributed by atoms with Crippen LogP contribution in [0.3, 0.4) is 0 Å². The lowest BCUT2D eigenvalue weighted by Gasteiger charge is -2.20. The maximum atomic E-state index is 11.9. The van der Waals surface area contributed by atoms with Crippen LogP contribution in [0, 0.1) is 6.92 Å². The smallest absolute Gasteiger partial charge is 0.238 e. The molecule has 0 atom stereocenters. The van der Waals surface area contributed by atoms with E-state index in [2.05, 4.69) is 10.6 Å². The van der Waals surface area contributed by atoms with Crippen molar-refractivity contribution in [3.63, 3.8) is 0 Å². The van der Waals surface area contributed by atoms with Gasteiger partial charge in [-0.05, 0) is 39.3 Å². The Hall–Kier alpha value is -1.26. The zero-order valence-corrected chi connectivity index (χ0v) is 12.8. The standard InChI is InChI=1S/C14H21ClN2O2/c1-9-6-11(12(19-5)7-10(9)15)17-13(18)8-16-14(2,3)4/h6-7,16H,8H2,1-5H3,(H,17,18). The van der Waals surface area contributed by atoms with Gasteiger partial charge in [-0.25, -0.2) is 0 Å². The number of anilines is 1. The Labute approximate surface area is 119 Å². The van der Waals surface area contributed by atoms with Gasteiger partial charge in [-0.2, -0.15) is 0 Å². The van der Waals surface area contributed by atoms with E-state index in [1.54, 1.807) is 19.2 Å². The highest BCUT2D eigenvalue weighted by molar-refractivity contribution is 6.31. The summed E-state index contributed by atoms with van der Waals surface area (Å²) in [6.45, 7) is 8.15. The number of amides is 1. The van der Waals surface area contributed by atoms with Crippen LogP contribution in [0.4, 0.5) is 5.69 Å². The first-order valence-electron chi connectivity index (χ1n) is 6.12. The summed E-state index contributed by atoms with van der Waals surface area (Å²) in [6.07, 6.45) is 0. The molecule has 1 aromatic carbocycles. The van der Waals surface area contributed by atoms with Crippen molar-refractivity contribution in [3.8, 4) is 5.75 Å². The van der Waals surface area contributed by atoms with Crippen molar-refractivity contribution < 1.29 is 9.53 Å². The molecule has 19 heavy (non-hydrogen) atoms. The third-order valence-corrected chi connectivity index (χ3v) is 2.94. The van der Waals surface area contributed by atoms with E-state index >= 15 is 0 Å². The molecule has 0 unspecified atom stereocenters. The lowest BCUT2D eigenvalue weighted by Crippen LogP contribution is -2.41. The Morgan fingerprint density at radius 1 is 1.37 bits per heavy atom. The fourth-order valence-corrected chi connectivity index (χ4v) is 1.62. The van der Waals surface area contributed by atoms with Crippen LogP contribution >= 0.6 is 11.6 Å². The number of benzene rings is 1. The average Bonchev–Trinajstić information content (AvgIpc) is 2.30. The summed E-state index contributed by atoms with van der Waals surface area (Å²) in [7, 11) is 1.55. The molecule has 0 saturated heterocycles. The summed E-state index contributed by atoms with van der Waals surface area (Å²) in [4.78, 5) is 11.9. The number of rotatable bonds is 4. The van der Waals surface area contributed by atoms with Crippen molar-refractivity contribution in [2.24, 2.45) is 0 Å². The van der Waals surface area contributed by atoms with Gasteiger partial charge in [0.05, 0.1) is 19.3 Å². The van der Waals surface area contributed by atoms with Crippen LogP contribution in [0.2, 0.25) is 5.02 Å². The molecule has 1 amide bonds. The van der Waals surface area contributed by atoms with Gasteiger partial charge in [0, 0.05) is 16.6 Å². The van der Waals surface area contributed by atoms with Gasteiger partial charge < -0.3 is 15.4 Å². The second kappa shape index (κ2) is 6.26. The van der Waals surface area contributed by atoms with E-state index in [9.17, 15) is 4.79 Å². The quantitative estimate of drug-likeness (QED) is 0.894. The molecule has 4 nitrogen and oxygen atoms in total. The summed E-state index contributed by atoms with van der Waals surface area (Å²) < 4.78 is 5.21. The number of halogens is 1. The minimum Gasteiger partial charge on any atom is -0.495 e. The van der Waals surface area contributed by atoms with E-state index in [0.29, 0.717) is 16.5 Å². The molecule has 0 aromatic heterocycles. The predicted octanol–water partition coefficient (Wildman–Crippen LogP) is 2.98. The molecule has 106 valence electrons. The molecule has 0 bridgehead atoms. The number of nitrogens with one attached hydrogen (secondary N) is 2. The van der Waals surface area contributed by atoms with Crippen molar-refractivity contribution in [2.75, 3.05) is 19.0 Å². The fraction of sp³-hybridized carbons (Fsp3) is 0.500. The molecule has 0 radical (unpaired) electrons. The maximum absolute atomic E-state index is 11.9. The third kappa shape index (κ3) is 5.09. The highest BCUT2D eigenvalue weighted by Gasteiger charge is 2.13. The summed E-state index contributed by atoms with van der Waals surface area (Å²) in [5.74, 6) is 0.439. The van der Waals surface area contributed by atoms with Gasteiger partial charge in [-0.15, -0.1) is 0 Å². The van der Waals surface area contributed by atoms with Crippen LogP contribution in [0.25, 0.3) is 0 Å². The Kier molecular flexibility index (Phi) is 5.20. The van der Waals surface area contributed by atoms with Gasteiger partial charge in [-0.1, -0.05) is 11.6 Å². The van der Waals surface area contributed by atoms with Crippen LogP contribution in [0.1, 0.15) is 26.3 Å². The van der Waals surface area contributed by atoms with Crippen LogP contribution < -0.4 is 15.4 Å². The highest BCUT2D eigenvalue weighted by atomic mass is 35.5. The summed E-state index contributed by atoms with van der Waals surface area (Å²) >= 11 is 6.02. The Balaban J connectivity index is 2.76. The fourth-order valence-electron chi connectivity index (χ4n) is 1.47. The lowest BCUT2D eigenvalue weighted by atomic mass is 10.1. The Bertz CT molecular complexity index is 467. The number of carbonyl (C=O) groups excluding carboxylic acids is 1. The van der Waals surface area contributed by atoms with Crippen molar-refractivity contribution in [3.05, 3.63) is 22.7 Å². The van der Waals surface area contributed by atoms with Crippen molar-refractivity contribution in [1.82, 2.24) is 5.32 Å². The minimum atomic E-state index is -0.116. The molecule has 0 fully saturated rings.